The molecule has 0 aliphatic heterocycles. The molecular formula is C13H26N2O5. The Kier molecular flexibility index (Phi) is 9.75. The summed E-state index contributed by atoms with van der Waals surface area (Å²) in [5.74, 6) is -0.925. The first kappa shape index (κ1) is 18.7. The number of rotatable bonds is 10. The molecule has 2 N–H and O–H groups in total. The first-order valence-electron chi connectivity index (χ1n) is 6.73. The number of aliphatic carboxylic acids is 1. The van der Waals surface area contributed by atoms with Crippen molar-refractivity contribution in [3.63, 3.8) is 0 Å². The first-order chi connectivity index (χ1) is 9.46. The molecule has 0 radical (unpaired) electrons. The maximum absolute atomic E-state index is 12.2. The molecular weight excluding hydrogens is 264 g/mol. The summed E-state index contributed by atoms with van der Waals surface area (Å²) in [6.45, 7) is 4.96. The van der Waals surface area contributed by atoms with Crippen LogP contribution in [0.25, 0.3) is 0 Å². The topological polar surface area (TPSA) is 88.1 Å². The summed E-state index contributed by atoms with van der Waals surface area (Å²) < 4.78 is 10.0. The molecule has 20 heavy (non-hydrogen) atoms. The average Bonchev–Trinajstić information content (AvgIpc) is 2.38. The van der Waals surface area contributed by atoms with Gasteiger partial charge in [0.2, 0.25) is 0 Å². The second-order valence-electron chi connectivity index (χ2n) is 4.64. The van der Waals surface area contributed by atoms with Crippen molar-refractivity contribution in [3.8, 4) is 0 Å². The highest BCUT2D eigenvalue weighted by atomic mass is 16.5. The molecule has 0 aliphatic carbocycles. The van der Waals surface area contributed by atoms with Gasteiger partial charge in [-0.1, -0.05) is 6.92 Å². The van der Waals surface area contributed by atoms with Gasteiger partial charge in [-0.25, -0.2) is 4.79 Å². The van der Waals surface area contributed by atoms with Gasteiger partial charge < -0.3 is 24.8 Å². The number of nitrogens with one attached hydrogen (secondary N) is 1. The Labute approximate surface area is 120 Å². The lowest BCUT2D eigenvalue weighted by Gasteiger charge is -2.30. The second-order valence-corrected chi connectivity index (χ2v) is 4.64. The van der Waals surface area contributed by atoms with E-state index in [0.29, 0.717) is 26.2 Å². The fraction of sp³-hybridized carbons (Fsp3) is 0.846. The van der Waals surface area contributed by atoms with E-state index in [4.69, 9.17) is 14.6 Å². The van der Waals surface area contributed by atoms with Crippen LogP contribution in [0.1, 0.15) is 26.7 Å². The second kappa shape index (κ2) is 10.4. The van der Waals surface area contributed by atoms with Gasteiger partial charge in [0, 0.05) is 26.8 Å². The third kappa shape index (κ3) is 7.30. The van der Waals surface area contributed by atoms with Crippen molar-refractivity contribution >= 4 is 12.0 Å². The molecule has 0 aliphatic rings. The monoisotopic (exact) mass is 290 g/mol. The van der Waals surface area contributed by atoms with Crippen molar-refractivity contribution in [2.24, 2.45) is 0 Å². The zero-order valence-corrected chi connectivity index (χ0v) is 12.7. The van der Waals surface area contributed by atoms with Gasteiger partial charge in [-0.15, -0.1) is 0 Å². The van der Waals surface area contributed by atoms with Gasteiger partial charge in [0.05, 0.1) is 25.7 Å². The number of hydrogen-bond donors (Lipinski definition) is 2. The number of carbonyl (C=O) groups is 2. The van der Waals surface area contributed by atoms with Crippen LogP contribution in [0.2, 0.25) is 0 Å². The third-order valence-corrected chi connectivity index (χ3v) is 2.98. The van der Waals surface area contributed by atoms with Crippen LogP contribution in [0, 0.1) is 0 Å². The minimum atomic E-state index is -0.925. The van der Waals surface area contributed by atoms with E-state index in [1.807, 2.05) is 13.8 Å². The predicted octanol–water partition coefficient (Wildman–Crippen LogP) is 0.933. The highest BCUT2D eigenvalue weighted by Gasteiger charge is 2.22. The Bertz CT molecular complexity index is 298. The highest BCUT2D eigenvalue weighted by Crippen LogP contribution is 2.04. The molecule has 118 valence electrons. The maximum atomic E-state index is 12.2. The van der Waals surface area contributed by atoms with E-state index in [2.05, 4.69) is 5.32 Å². The van der Waals surface area contributed by atoms with Crippen molar-refractivity contribution in [1.82, 2.24) is 10.2 Å². The quantitative estimate of drug-likeness (QED) is 0.625. The Morgan fingerprint density at radius 1 is 1.30 bits per heavy atom. The molecule has 0 spiro atoms. The van der Waals surface area contributed by atoms with Crippen LogP contribution in [0.3, 0.4) is 0 Å². The zero-order chi connectivity index (χ0) is 15.5. The number of carboxylic acids is 1. The Morgan fingerprint density at radius 2 is 1.95 bits per heavy atom. The van der Waals surface area contributed by atoms with Crippen LogP contribution < -0.4 is 5.32 Å². The Hall–Kier alpha value is -1.34. The van der Waals surface area contributed by atoms with E-state index in [-0.39, 0.29) is 24.5 Å². The van der Waals surface area contributed by atoms with Crippen LogP contribution >= 0.6 is 0 Å². The summed E-state index contributed by atoms with van der Waals surface area (Å²) in [5.41, 5.74) is 0. The van der Waals surface area contributed by atoms with Crippen LogP contribution in [-0.2, 0) is 14.3 Å². The van der Waals surface area contributed by atoms with E-state index in [0.717, 1.165) is 0 Å². The summed E-state index contributed by atoms with van der Waals surface area (Å²) in [5, 5.41) is 11.5. The maximum Gasteiger partial charge on any atom is 0.318 e. The van der Waals surface area contributed by atoms with Crippen LogP contribution in [0.5, 0.6) is 0 Å². The molecule has 0 fully saturated rings. The number of hydrogen-bond acceptors (Lipinski definition) is 4. The molecule has 2 amide bonds. The minimum absolute atomic E-state index is 0.0843. The van der Waals surface area contributed by atoms with Crippen LogP contribution in [-0.4, -0.2) is 68.1 Å². The number of ether oxygens (including phenoxy) is 2. The minimum Gasteiger partial charge on any atom is -0.481 e. The lowest BCUT2D eigenvalue weighted by molar-refractivity contribution is -0.137. The van der Waals surface area contributed by atoms with Crippen molar-refractivity contribution in [1.29, 1.82) is 0 Å². The lowest BCUT2D eigenvalue weighted by atomic mass is 10.1. The van der Waals surface area contributed by atoms with Crippen molar-refractivity contribution in [2.45, 2.75) is 38.8 Å². The SMILES string of the molecule is CCC(CC(=O)O)NC(=O)N(CCOC)C(C)COC. The molecule has 0 aromatic carbocycles. The Balaban J connectivity index is 4.61. The molecule has 0 bridgehead atoms. The van der Waals surface area contributed by atoms with Gasteiger partial charge in [-0.2, -0.15) is 0 Å². The van der Waals surface area contributed by atoms with Gasteiger partial charge in [0.15, 0.2) is 0 Å². The number of amides is 2. The van der Waals surface area contributed by atoms with Gasteiger partial charge >= 0.3 is 12.0 Å². The summed E-state index contributed by atoms with van der Waals surface area (Å²) in [6.07, 6.45) is 0.480. The van der Waals surface area contributed by atoms with E-state index in [9.17, 15) is 9.59 Å². The lowest BCUT2D eigenvalue weighted by Crippen LogP contribution is -2.51. The average molecular weight is 290 g/mol. The standard InChI is InChI=1S/C13H26N2O5/c1-5-11(8-12(16)17)14-13(18)15(6-7-19-3)10(2)9-20-4/h10-11H,5-9H2,1-4H3,(H,14,18)(H,16,17). The predicted molar refractivity (Wildman–Crippen MR) is 74.8 cm³/mol. The van der Waals surface area contributed by atoms with E-state index in [1.165, 1.54) is 0 Å². The number of nitrogens with zero attached hydrogens (tertiary/aromatic N) is 1. The number of carboxylic acid groups (broad SMARTS) is 1. The smallest absolute Gasteiger partial charge is 0.318 e. The largest absolute Gasteiger partial charge is 0.481 e. The Morgan fingerprint density at radius 3 is 2.40 bits per heavy atom. The molecule has 7 heteroatoms. The van der Waals surface area contributed by atoms with Crippen molar-refractivity contribution < 1.29 is 24.2 Å². The first-order valence-corrected chi connectivity index (χ1v) is 6.73. The number of methoxy groups -OCH3 is 2. The van der Waals surface area contributed by atoms with Crippen LogP contribution in [0.15, 0.2) is 0 Å². The van der Waals surface area contributed by atoms with Crippen molar-refractivity contribution in [3.05, 3.63) is 0 Å². The fourth-order valence-electron chi connectivity index (χ4n) is 1.81. The third-order valence-electron chi connectivity index (χ3n) is 2.98. The molecule has 0 heterocycles. The molecule has 0 rings (SSSR count). The summed E-state index contributed by atoms with van der Waals surface area (Å²) >= 11 is 0. The molecule has 0 aromatic rings. The van der Waals surface area contributed by atoms with E-state index in [1.54, 1.807) is 19.1 Å². The number of urea groups is 1. The number of carbonyl (C=O) groups excluding carboxylic acids is 1. The summed E-state index contributed by atoms with van der Waals surface area (Å²) in [7, 11) is 3.14. The van der Waals surface area contributed by atoms with E-state index >= 15 is 0 Å². The van der Waals surface area contributed by atoms with Gasteiger partial charge in [-0.05, 0) is 13.3 Å². The molecule has 7 nitrogen and oxygen atoms in total. The van der Waals surface area contributed by atoms with Crippen molar-refractivity contribution in [2.75, 3.05) is 34.0 Å². The summed E-state index contributed by atoms with van der Waals surface area (Å²) in [4.78, 5) is 24.5. The normalized spacial score (nSPS) is 13.6. The molecule has 2 atom stereocenters. The summed E-state index contributed by atoms with van der Waals surface area (Å²) in [6, 6.07) is -0.781. The van der Waals surface area contributed by atoms with Crippen LogP contribution in [0.4, 0.5) is 4.79 Å². The molecule has 2 unspecified atom stereocenters. The van der Waals surface area contributed by atoms with Gasteiger partial charge in [0.25, 0.3) is 0 Å². The molecule has 0 aromatic heterocycles. The van der Waals surface area contributed by atoms with Gasteiger partial charge in [-0.3, -0.25) is 4.79 Å². The van der Waals surface area contributed by atoms with E-state index < -0.39 is 5.97 Å². The van der Waals surface area contributed by atoms with Gasteiger partial charge in [0.1, 0.15) is 0 Å². The molecule has 0 saturated heterocycles. The molecule has 0 saturated carbocycles. The highest BCUT2D eigenvalue weighted by molar-refractivity contribution is 5.76. The zero-order valence-electron chi connectivity index (χ0n) is 12.7. The fourth-order valence-corrected chi connectivity index (χ4v) is 1.81.